The summed E-state index contributed by atoms with van der Waals surface area (Å²) < 4.78 is 80.6. The van der Waals surface area contributed by atoms with E-state index in [0.717, 1.165) is 0 Å². The Morgan fingerprint density at radius 3 is 1.71 bits per heavy atom. The number of carbonyl (C=O) groups excluding carboxylic acids is 2. The first kappa shape index (κ1) is 61.0. The summed E-state index contributed by atoms with van der Waals surface area (Å²) in [6.07, 6.45) is -11.0. The fourth-order valence-corrected chi connectivity index (χ4v) is 15.3. The molecular formula is C55H90O22. The Morgan fingerprint density at radius 1 is 0.675 bits per heavy atom. The van der Waals surface area contributed by atoms with Crippen molar-refractivity contribution in [1.82, 2.24) is 0 Å². The second-order valence-electron chi connectivity index (χ2n) is 23.9. The highest BCUT2D eigenvalue weighted by Crippen LogP contribution is 2.72. The van der Waals surface area contributed by atoms with Gasteiger partial charge in [-0.25, -0.2) is 4.79 Å². The summed E-state index contributed by atoms with van der Waals surface area (Å²) in [4.78, 5) is 25.8. The lowest BCUT2D eigenvalue weighted by atomic mass is 9.40. The Hall–Kier alpha value is -2.04. The van der Waals surface area contributed by atoms with Gasteiger partial charge in [-0.2, -0.15) is 0 Å². The molecule has 0 radical (unpaired) electrons. The van der Waals surface area contributed by atoms with E-state index in [1.807, 2.05) is 13.8 Å². The predicted octanol–water partition coefficient (Wildman–Crippen LogP) is 2.22. The Labute approximate surface area is 452 Å². The van der Waals surface area contributed by atoms with E-state index in [9.17, 15) is 45.3 Å². The topological polar surface area (TPSA) is 296 Å². The molecule has 77 heavy (non-hydrogen) atoms. The van der Waals surface area contributed by atoms with Crippen molar-refractivity contribution >= 4 is 11.9 Å². The smallest absolute Gasteiger partial charge is 0.333 e. The molecule has 27 unspecified atom stereocenters. The second kappa shape index (κ2) is 23.7. The molecule has 0 amide bonds. The third-order valence-corrected chi connectivity index (χ3v) is 20.1. The van der Waals surface area contributed by atoms with Gasteiger partial charge in [0.05, 0.1) is 60.4 Å². The molecule has 27 atom stereocenters. The number of hydrogen-bond acceptors (Lipinski definition) is 22. The van der Waals surface area contributed by atoms with Crippen LogP contribution in [0.25, 0.3) is 0 Å². The maximum atomic E-state index is 13.1. The molecule has 0 aromatic rings. The van der Waals surface area contributed by atoms with Crippen molar-refractivity contribution in [3.63, 3.8) is 0 Å². The van der Waals surface area contributed by atoms with Gasteiger partial charge >= 0.3 is 11.9 Å². The minimum atomic E-state index is -1.89. The summed E-state index contributed by atoms with van der Waals surface area (Å²) in [6, 6.07) is 0. The number of esters is 2. The van der Waals surface area contributed by atoms with E-state index in [-0.39, 0.29) is 44.1 Å². The van der Waals surface area contributed by atoms with Crippen LogP contribution in [-0.2, 0) is 71.2 Å². The summed E-state index contributed by atoms with van der Waals surface area (Å²) in [5, 5.41) is 79.7. The van der Waals surface area contributed by atoms with Crippen molar-refractivity contribution in [1.29, 1.82) is 0 Å². The van der Waals surface area contributed by atoms with Gasteiger partial charge in [0.2, 0.25) is 0 Å². The Kier molecular flexibility index (Phi) is 18.8. The molecule has 22 nitrogen and oxygen atoms in total. The summed E-state index contributed by atoms with van der Waals surface area (Å²) in [6.45, 7) is 15.0. The monoisotopic (exact) mass is 1100 g/mol. The van der Waals surface area contributed by atoms with Crippen LogP contribution in [0.4, 0.5) is 0 Å². The van der Waals surface area contributed by atoms with E-state index >= 15 is 0 Å². The fraction of sp³-hybridized carbons (Fsp3) is 0.927. The lowest BCUT2D eigenvalue weighted by Gasteiger charge is -2.69. The number of carbonyl (C=O) groups is 2. The standard InChI is InChI=1S/C55H90O22/c1-13-26(2)49(61)71-30(6)53(62)18-19-55(64)52(53,9)39(72-31(7)57)24-38-51(8)16-15-33(20-32(51)14-17-54(38,55)63)73-40-21-34(65-10)46(27(3)68-40)75-41-22-35(66-11)47(28(4)69-41)76-42-23-36(67-12)48(29(5)70-42)77-50-45(60)44(59)43(58)37(25-56)74-50/h13,27-30,32-48,50,56,58-60,62-64H,14-25H2,1-12H3. The van der Waals surface area contributed by atoms with Gasteiger partial charge in [0, 0.05) is 53.1 Å². The van der Waals surface area contributed by atoms with Crippen molar-refractivity contribution in [3.8, 4) is 0 Å². The van der Waals surface area contributed by atoms with E-state index in [0.29, 0.717) is 44.1 Å². The molecule has 8 rings (SSSR count). The molecule has 4 aliphatic carbocycles. The molecule has 442 valence electrons. The van der Waals surface area contributed by atoms with Crippen LogP contribution < -0.4 is 0 Å². The zero-order valence-corrected chi connectivity index (χ0v) is 47.0. The van der Waals surface area contributed by atoms with Crippen LogP contribution in [0.5, 0.6) is 0 Å². The van der Waals surface area contributed by atoms with Crippen molar-refractivity contribution in [2.24, 2.45) is 22.7 Å². The van der Waals surface area contributed by atoms with Gasteiger partial charge < -0.3 is 97.3 Å². The van der Waals surface area contributed by atoms with E-state index in [2.05, 4.69) is 6.92 Å². The zero-order chi connectivity index (χ0) is 56.3. The normalized spacial score (nSPS) is 50.7. The van der Waals surface area contributed by atoms with E-state index in [4.69, 9.17) is 61.6 Å². The second-order valence-corrected chi connectivity index (χ2v) is 23.9. The van der Waals surface area contributed by atoms with Gasteiger partial charge in [-0.05, 0) is 110 Å². The van der Waals surface area contributed by atoms with E-state index in [1.165, 1.54) is 14.0 Å². The highest BCUT2D eigenvalue weighted by atomic mass is 16.8. The van der Waals surface area contributed by atoms with Crippen LogP contribution in [0.2, 0.25) is 0 Å². The number of hydrogen-bond donors (Lipinski definition) is 7. The van der Waals surface area contributed by atoms with Crippen molar-refractivity contribution in [3.05, 3.63) is 11.6 Å². The van der Waals surface area contributed by atoms with E-state index < -0.39 is 169 Å². The molecule has 4 heterocycles. The van der Waals surface area contributed by atoms with Gasteiger partial charge in [0.15, 0.2) is 25.2 Å². The van der Waals surface area contributed by atoms with Crippen LogP contribution in [-0.4, -0.2) is 215 Å². The average Bonchev–Trinajstić information content (AvgIpc) is 3.68. The highest BCUT2D eigenvalue weighted by Gasteiger charge is 2.82. The molecule has 8 fully saturated rings. The SMILES string of the molecule is CC=C(C)C(=O)OC(C)C1(O)CCC2(O)C3(O)CCC4CC(OC5CC(OC)C(OC6CC(OC)C(OC7CC(OC)C(OC8OC(CO)C(O)C(O)C8O)C(C)O7)C(C)O6)C(C)O5)CCC4(C)C3CC(OC(C)=O)C12C. The first-order valence-corrected chi connectivity index (χ1v) is 27.9. The number of rotatable bonds is 16. The average molecular weight is 1100 g/mol. The van der Waals surface area contributed by atoms with Crippen LogP contribution in [0, 0.1) is 22.7 Å². The predicted molar refractivity (Wildman–Crippen MR) is 268 cm³/mol. The number of fused-ring (bicyclic) bond motifs is 5. The molecule has 0 aromatic heterocycles. The minimum absolute atomic E-state index is 0.0171. The van der Waals surface area contributed by atoms with Crippen molar-refractivity contribution < 1.29 is 107 Å². The fourth-order valence-electron chi connectivity index (χ4n) is 15.3. The summed E-state index contributed by atoms with van der Waals surface area (Å²) in [5.74, 6) is -1.59. The molecule has 22 heteroatoms. The van der Waals surface area contributed by atoms with Gasteiger partial charge in [-0.3, -0.25) is 4.79 Å². The van der Waals surface area contributed by atoms with Gasteiger partial charge in [-0.15, -0.1) is 0 Å². The molecule has 4 aliphatic heterocycles. The molecule has 8 aliphatic rings. The first-order valence-electron chi connectivity index (χ1n) is 27.9. The zero-order valence-electron chi connectivity index (χ0n) is 47.0. The number of aliphatic hydroxyl groups excluding tert-OH is 4. The molecule has 4 saturated heterocycles. The first-order chi connectivity index (χ1) is 36.3. The largest absolute Gasteiger partial charge is 0.462 e. The molecule has 4 saturated carbocycles. The lowest BCUT2D eigenvalue weighted by molar-refractivity contribution is -0.357. The molecular weight excluding hydrogens is 1010 g/mol. The number of aliphatic hydroxyl groups is 7. The van der Waals surface area contributed by atoms with Crippen molar-refractivity contribution in [2.75, 3.05) is 27.9 Å². The molecule has 0 aromatic carbocycles. The molecule has 7 N–H and O–H groups in total. The lowest BCUT2D eigenvalue weighted by Crippen LogP contribution is -2.79. The summed E-state index contributed by atoms with van der Waals surface area (Å²) in [7, 11) is 4.73. The van der Waals surface area contributed by atoms with Gasteiger partial charge in [0.25, 0.3) is 0 Å². The third kappa shape index (κ3) is 10.8. The quantitative estimate of drug-likeness (QED) is 0.0662. The van der Waals surface area contributed by atoms with Crippen molar-refractivity contribution in [2.45, 2.75) is 273 Å². The van der Waals surface area contributed by atoms with Crippen LogP contribution in [0.3, 0.4) is 0 Å². The molecule has 0 bridgehead atoms. The highest BCUT2D eigenvalue weighted by molar-refractivity contribution is 5.87. The maximum Gasteiger partial charge on any atom is 0.333 e. The Bertz CT molecular complexity index is 2060. The molecule has 0 spiro atoms. The number of ether oxygens (including phenoxy) is 13. The Morgan fingerprint density at radius 2 is 1.21 bits per heavy atom. The summed E-state index contributed by atoms with van der Waals surface area (Å²) in [5.41, 5.74) is -7.09. The van der Waals surface area contributed by atoms with E-state index in [1.54, 1.807) is 54.9 Å². The maximum absolute atomic E-state index is 13.1. The summed E-state index contributed by atoms with van der Waals surface area (Å²) >= 11 is 0. The van der Waals surface area contributed by atoms with Gasteiger partial charge in [0.1, 0.15) is 66.1 Å². The number of methoxy groups -OCH3 is 3. The van der Waals surface area contributed by atoms with Crippen LogP contribution in [0.1, 0.15) is 133 Å². The van der Waals surface area contributed by atoms with Gasteiger partial charge in [-0.1, -0.05) is 19.9 Å². The third-order valence-electron chi connectivity index (χ3n) is 20.1. The number of allylic oxidation sites excluding steroid dienone is 1. The van der Waals surface area contributed by atoms with Crippen LogP contribution >= 0.6 is 0 Å². The minimum Gasteiger partial charge on any atom is -0.462 e. The Balaban J connectivity index is 0.863. The van der Waals surface area contributed by atoms with Crippen LogP contribution in [0.15, 0.2) is 11.6 Å².